The summed E-state index contributed by atoms with van der Waals surface area (Å²) >= 11 is 0. The first-order valence-electron chi connectivity index (χ1n) is 3.72. The standard InChI is InChI=1S/C8H10N2O/c1-10-6-8-3-2-7(11-8)4-5-9/h7-8H,2-4,6H2/t7-,8+/m1/s1. The van der Waals surface area contributed by atoms with Crippen LogP contribution < -0.4 is 0 Å². The lowest BCUT2D eigenvalue weighted by Gasteiger charge is -2.04. The normalized spacial score (nSPS) is 29.3. The second-order valence-corrected chi connectivity index (χ2v) is 2.66. The van der Waals surface area contributed by atoms with Crippen LogP contribution in [0.5, 0.6) is 0 Å². The Morgan fingerprint density at radius 2 is 2.27 bits per heavy atom. The van der Waals surface area contributed by atoms with E-state index >= 15 is 0 Å². The van der Waals surface area contributed by atoms with Crippen LogP contribution >= 0.6 is 0 Å². The van der Waals surface area contributed by atoms with Gasteiger partial charge in [0.15, 0.2) is 0 Å². The second kappa shape index (κ2) is 3.95. The van der Waals surface area contributed by atoms with Crippen molar-refractivity contribution < 1.29 is 4.74 Å². The Morgan fingerprint density at radius 3 is 2.91 bits per heavy atom. The molecule has 0 saturated carbocycles. The minimum Gasteiger partial charge on any atom is -0.366 e. The number of nitriles is 1. The minimum atomic E-state index is 0.0887. The van der Waals surface area contributed by atoms with E-state index in [-0.39, 0.29) is 12.2 Å². The predicted molar refractivity (Wildman–Crippen MR) is 39.6 cm³/mol. The van der Waals surface area contributed by atoms with Crippen molar-refractivity contribution in [2.45, 2.75) is 31.5 Å². The highest BCUT2D eigenvalue weighted by atomic mass is 16.5. The second-order valence-electron chi connectivity index (χ2n) is 2.66. The lowest BCUT2D eigenvalue weighted by atomic mass is 10.1. The minimum absolute atomic E-state index is 0.0887. The summed E-state index contributed by atoms with van der Waals surface area (Å²) in [5, 5.41) is 8.35. The van der Waals surface area contributed by atoms with Gasteiger partial charge in [0.1, 0.15) is 6.10 Å². The summed E-state index contributed by atoms with van der Waals surface area (Å²) in [7, 11) is 0. The molecular weight excluding hydrogens is 140 g/mol. The highest BCUT2D eigenvalue weighted by Gasteiger charge is 2.26. The van der Waals surface area contributed by atoms with Gasteiger partial charge < -0.3 is 9.58 Å². The maximum atomic E-state index is 8.35. The number of nitrogens with zero attached hydrogens (tertiary/aromatic N) is 2. The predicted octanol–water partition coefficient (Wildman–Crippen LogP) is 1.37. The van der Waals surface area contributed by atoms with Gasteiger partial charge in [-0.2, -0.15) is 5.26 Å². The molecule has 0 amide bonds. The van der Waals surface area contributed by atoms with Crippen LogP contribution in [0.4, 0.5) is 0 Å². The molecule has 0 radical (unpaired) electrons. The van der Waals surface area contributed by atoms with Gasteiger partial charge in [-0.15, -0.1) is 0 Å². The van der Waals surface area contributed by atoms with E-state index in [9.17, 15) is 0 Å². The summed E-state index contributed by atoms with van der Waals surface area (Å²) in [5.74, 6) is 0. The maximum absolute atomic E-state index is 8.35. The molecule has 0 aliphatic carbocycles. The Balaban J connectivity index is 2.25. The molecule has 1 rings (SSSR count). The van der Waals surface area contributed by atoms with Crippen LogP contribution in [0.15, 0.2) is 0 Å². The molecule has 1 heterocycles. The molecule has 0 aromatic rings. The molecule has 1 saturated heterocycles. The molecule has 1 aliphatic heterocycles. The lowest BCUT2D eigenvalue weighted by molar-refractivity contribution is 0.0573. The number of ether oxygens (including phenoxy) is 1. The molecule has 3 heteroatoms. The van der Waals surface area contributed by atoms with E-state index in [4.69, 9.17) is 16.6 Å². The van der Waals surface area contributed by atoms with Crippen LogP contribution in [-0.4, -0.2) is 18.8 Å². The molecule has 1 fully saturated rings. The number of rotatable bonds is 2. The summed E-state index contributed by atoms with van der Waals surface area (Å²) in [6, 6.07) is 2.07. The smallest absolute Gasteiger partial charge is 0.240 e. The van der Waals surface area contributed by atoms with Crippen molar-refractivity contribution in [3.63, 3.8) is 0 Å². The van der Waals surface area contributed by atoms with E-state index < -0.39 is 0 Å². The molecule has 0 unspecified atom stereocenters. The maximum Gasteiger partial charge on any atom is 0.240 e. The van der Waals surface area contributed by atoms with Crippen LogP contribution in [0.3, 0.4) is 0 Å². The molecular formula is C8H10N2O. The zero-order valence-corrected chi connectivity index (χ0v) is 6.29. The van der Waals surface area contributed by atoms with E-state index in [2.05, 4.69) is 10.9 Å². The van der Waals surface area contributed by atoms with E-state index in [0.29, 0.717) is 13.0 Å². The van der Waals surface area contributed by atoms with Crippen molar-refractivity contribution in [3.8, 4) is 6.07 Å². The molecule has 0 spiro atoms. The largest absolute Gasteiger partial charge is 0.366 e. The molecule has 11 heavy (non-hydrogen) atoms. The van der Waals surface area contributed by atoms with Crippen molar-refractivity contribution in [2.75, 3.05) is 6.54 Å². The molecule has 2 atom stereocenters. The summed E-state index contributed by atoms with van der Waals surface area (Å²) in [6.45, 7) is 7.06. The molecule has 0 aromatic heterocycles. The third-order valence-corrected chi connectivity index (χ3v) is 1.81. The fraction of sp³-hybridized carbons (Fsp3) is 0.750. The van der Waals surface area contributed by atoms with Gasteiger partial charge in [-0.3, -0.25) is 0 Å². The first-order valence-corrected chi connectivity index (χ1v) is 3.72. The third kappa shape index (κ3) is 2.22. The van der Waals surface area contributed by atoms with Crippen molar-refractivity contribution >= 4 is 0 Å². The van der Waals surface area contributed by atoms with Crippen LogP contribution in [0.2, 0.25) is 0 Å². The highest BCUT2D eigenvalue weighted by molar-refractivity contribution is 4.84. The van der Waals surface area contributed by atoms with Crippen LogP contribution in [-0.2, 0) is 4.74 Å². The number of hydrogen-bond donors (Lipinski definition) is 0. The molecule has 3 nitrogen and oxygen atoms in total. The zero-order valence-electron chi connectivity index (χ0n) is 6.29. The van der Waals surface area contributed by atoms with E-state index in [0.717, 1.165) is 12.8 Å². The Hall–Kier alpha value is -1.06. The van der Waals surface area contributed by atoms with Crippen molar-refractivity contribution in [2.24, 2.45) is 0 Å². The van der Waals surface area contributed by atoms with Gasteiger partial charge in [-0.05, 0) is 12.8 Å². The van der Waals surface area contributed by atoms with Crippen molar-refractivity contribution in [1.29, 1.82) is 5.26 Å². The van der Waals surface area contributed by atoms with Gasteiger partial charge in [0.05, 0.1) is 18.6 Å². The monoisotopic (exact) mass is 150 g/mol. The van der Waals surface area contributed by atoms with E-state index in [1.807, 2.05) is 0 Å². The van der Waals surface area contributed by atoms with E-state index in [1.54, 1.807) is 0 Å². The fourth-order valence-electron chi connectivity index (χ4n) is 1.27. The van der Waals surface area contributed by atoms with E-state index in [1.165, 1.54) is 0 Å². The number of hydrogen-bond acceptors (Lipinski definition) is 2. The third-order valence-electron chi connectivity index (χ3n) is 1.81. The quantitative estimate of drug-likeness (QED) is 0.557. The summed E-state index contributed by atoms with van der Waals surface area (Å²) in [4.78, 5) is 3.25. The summed E-state index contributed by atoms with van der Waals surface area (Å²) in [5.41, 5.74) is 0. The SMILES string of the molecule is [C-]#[N+]C[C@@H]1CC[C@H](CC#N)O1. The summed E-state index contributed by atoms with van der Waals surface area (Å²) < 4.78 is 5.41. The zero-order chi connectivity index (χ0) is 8.10. The first kappa shape index (κ1) is 8.04. The highest BCUT2D eigenvalue weighted by Crippen LogP contribution is 2.21. The topological polar surface area (TPSA) is 37.4 Å². The Bertz CT molecular complexity index is 179. The Morgan fingerprint density at radius 1 is 1.55 bits per heavy atom. The molecule has 58 valence electrons. The van der Waals surface area contributed by atoms with Gasteiger partial charge in [-0.1, -0.05) is 0 Å². The first-order chi connectivity index (χ1) is 5.36. The lowest BCUT2D eigenvalue weighted by Crippen LogP contribution is -2.12. The van der Waals surface area contributed by atoms with Crippen LogP contribution in [0.1, 0.15) is 19.3 Å². The van der Waals surface area contributed by atoms with Crippen molar-refractivity contribution in [1.82, 2.24) is 0 Å². The molecule has 0 bridgehead atoms. The molecule has 0 N–H and O–H groups in total. The van der Waals surface area contributed by atoms with Gasteiger partial charge in [0.25, 0.3) is 0 Å². The van der Waals surface area contributed by atoms with Crippen LogP contribution in [0, 0.1) is 17.9 Å². The van der Waals surface area contributed by atoms with Crippen LogP contribution in [0.25, 0.3) is 4.85 Å². The Kier molecular flexibility index (Phi) is 2.89. The molecule has 1 aliphatic rings. The van der Waals surface area contributed by atoms with Gasteiger partial charge in [-0.25, -0.2) is 6.57 Å². The fourth-order valence-corrected chi connectivity index (χ4v) is 1.27. The van der Waals surface area contributed by atoms with Gasteiger partial charge in [0, 0.05) is 0 Å². The van der Waals surface area contributed by atoms with Crippen molar-refractivity contribution in [3.05, 3.63) is 11.4 Å². The van der Waals surface area contributed by atoms with Gasteiger partial charge >= 0.3 is 0 Å². The Labute approximate surface area is 66.4 Å². The summed E-state index contributed by atoms with van der Waals surface area (Å²) in [6.07, 6.45) is 2.52. The average Bonchev–Trinajstić information content (AvgIpc) is 2.38. The molecule has 0 aromatic carbocycles. The average molecular weight is 150 g/mol. The van der Waals surface area contributed by atoms with Gasteiger partial charge in [0.2, 0.25) is 6.54 Å².